The van der Waals surface area contributed by atoms with Crippen molar-refractivity contribution >= 4 is 0 Å². The fraction of sp³-hybridized carbons (Fsp3) is 0.360. The summed E-state index contributed by atoms with van der Waals surface area (Å²) in [5.74, 6) is 0.314. The van der Waals surface area contributed by atoms with E-state index >= 15 is 0 Å². The van der Waals surface area contributed by atoms with Crippen LogP contribution in [0.1, 0.15) is 58.2 Å². The Labute approximate surface area is 188 Å². The molecule has 4 rings (SSSR count). The van der Waals surface area contributed by atoms with Gasteiger partial charge in [-0.15, -0.1) is 5.10 Å². The maximum Gasteiger partial charge on any atom is 0.329 e. The molecule has 32 heavy (non-hydrogen) atoms. The van der Waals surface area contributed by atoms with Crippen molar-refractivity contribution in [3.05, 3.63) is 82.8 Å². The van der Waals surface area contributed by atoms with Gasteiger partial charge >= 0.3 is 5.69 Å². The number of imidazole rings is 1. The average Bonchev–Trinajstić information content (AvgIpc) is 3.43. The first kappa shape index (κ1) is 21.7. The summed E-state index contributed by atoms with van der Waals surface area (Å²) in [4.78, 5) is 13.2. The van der Waals surface area contributed by atoms with E-state index in [0.717, 1.165) is 34.5 Å². The van der Waals surface area contributed by atoms with Gasteiger partial charge in [-0.25, -0.2) is 4.79 Å². The number of nitrogens with zero attached hydrogens (tertiary/aromatic N) is 6. The molecule has 7 nitrogen and oxygen atoms in total. The zero-order valence-corrected chi connectivity index (χ0v) is 19.4. The first-order valence-electron chi connectivity index (χ1n) is 11.0. The zero-order valence-electron chi connectivity index (χ0n) is 19.4. The Kier molecular flexibility index (Phi) is 5.82. The van der Waals surface area contributed by atoms with Crippen molar-refractivity contribution in [2.75, 3.05) is 0 Å². The lowest BCUT2D eigenvalue weighted by molar-refractivity contribution is 0.380. The van der Waals surface area contributed by atoms with Crippen LogP contribution in [0.15, 0.2) is 65.8 Å². The molecule has 0 saturated heterocycles. The fourth-order valence-corrected chi connectivity index (χ4v) is 3.90. The molecule has 7 heteroatoms. The lowest BCUT2D eigenvalue weighted by Gasteiger charge is -2.19. The highest BCUT2D eigenvalue weighted by Gasteiger charge is 2.22. The Morgan fingerprint density at radius 2 is 1.75 bits per heavy atom. The van der Waals surface area contributed by atoms with E-state index < -0.39 is 0 Å². The molecule has 166 valence electrons. The molecule has 1 atom stereocenters. The van der Waals surface area contributed by atoms with Gasteiger partial charge in [-0.3, -0.25) is 9.13 Å². The molecule has 4 aromatic rings. The monoisotopic (exact) mass is 430 g/mol. The third-order valence-electron chi connectivity index (χ3n) is 5.96. The van der Waals surface area contributed by atoms with Gasteiger partial charge in [-0.05, 0) is 60.7 Å². The van der Waals surface area contributed by atoms with E-state index in [0.29, 0.717) is 12.5 Å². The van der Waals surface area contributed by atoms with Crippen molar-refractivity contribution in [1.82, 2.24) is 29.3 Å². The summed E-state index contributed by atoms with van der Waals surface area (Å²) in [6.07, 6.45) is 4.61. The van der Waals surface area contributed by atoms with E-state index in [1.807, 2.05) is 33.5 Å². The van der Waals surface area contributed by atoms with Crippen molar-refractivity contribution in [3.8, 4) is 16.8 Å². The van der Waals surface area contributed by atoms with E-state index in [1.54, 1.807) is 11.0 Å². The number of benzene rings is 2. The lowest BCUT2D eigenvalue weighted by atomic mass is 10.0. The summed E-state index contributed by atoms with van der Waals surface area (Å²) in [6.45, 7) is 11.1. The van der Waals surface area contributed by atoms with E-state index in [-0.39, 0.29) is 11.2 Å². The third kappa shape index (κ3) is 4.15. The highest BCUT2D eigenvalue weighted by molar-refractivity contribution is 5.72. The number of tetrazole rings is 1. The lowest BCUT2D eigenvalue weighted by Crippen LogP contribution is -2.34. The maximum atomic E-state index is 13.2. The van der Waals surface area contributed by atoms with Gasteiger partial charge in [-0.2, -0.15) is 4.68 Å². The van der Waals surface area contributed by atoms with E-state index in [9.17, 15) is 4.79 Å². The van der Waals surface area contributed by atoms with Crippen LogP contribution < -0.4 is 5.69 Å². The average molecular weight is 431 g/mol. The van der Waals surface area contributed by atoms with Gasteiger partial charge in [0.15, 0.2) is 0 Å². The number of rotatable bonds is 6. The first-order valence-corrected chi connectivity index (χ1v) is 11.0. The van der Waals surface area contributed by atoms with Gasteiger partial charge in [-0.1, -0.05) is 56.3 Å². The molecule has 0 spiro atoms. The minimum atomic E-state index is -0.256. The van der Waals surface area contributed by atoms with Crippen molar-refractivity contribution in [2.24, 2.45) is 0 Å². The van der Waals surface area contributed by atoms with Crippen LogP contribution in [0.25, 0.3) is 16.8 Å². The summed E-state index contributed by atoms with van der Waals surface area (Å²) in [5.41, 5.74) is 4.99. The SMILES string of the molecule is CCC(C)c1cn(C(C)(C)C)c(=O)n1Cc1ccc(-c2ccccc2-n2cnnn2)cc1. The van der Waals surface area contributed by atoms with Crippen LogP contribution in [-0.2, 0) is 12.1 Å². The van der Waals surface area contributed by atoms with E-state index in [2.05, 4.69) is 80.5 Å². The molecule has 0 bridgehead atoms. The van der Waals surface area contributed by atoms with Gasteiger partial charge < -0.3 is 0 Å². The van der Waals surface area contributed by atoms with E-state index in [4.69, 9.17) is 0 Å². The van der Waals surface area contributed by atoms with Crippen molar-refractivity contribution in [3.63, 3.8) is 0 Å². The zero-order chi connectivity index (χ0) is 22.9. The second-order valence-corrected chi connectivity index (χ2v) is 9.24. The normalized spacial score (nSPS) is 12.8. The van der Waals surface area contributed by atoms with Crippen molar-refractivity contribution < 1.29 is 0 Å². The molecule has 2 heterocycles. The van der Waals surface area contributed by atoms with Gasteiger partial charge in [0.1, 0.15) is 6.33 Å². The summed E-state index contributed by atoms with van der Waals surface area (Å²) in [5, 5.41) is 11.5. The number of aromatic nitrogens is 6. The predicted molar refractivity (Wildman–Crippen MR) is 126 cm³/mol. The van der Waals surface area contributed by atoms with Crippen LogP contribution >= 0.6 is 0 Å². The topological polar surface area (TPSA) is 70.5 Å². The molecule has 1 unspecified atom stereocenters. The standard InChI is InChI=1S/C25H30N6O/c1-6-18(2)23-16-30(25(3,4)5)24(32)29(23)15-19-11-13-20(14-12-19)21-9-7-8-10-22(21)31-17-26-27-28-31/h7-14,16-18H,6,15H2,1-5H3. The van der Waals surface area contributed by atoms with E-state index in [1.165, 1.54) is 0 Å². The third-order valence-corrected chi connectivity index (χ3v) is 5.96. The minimum absolute atomic E-state index is 0.0425. The molecule has 0 fully saturated rings. The van der Waals surface area contributed by atoms with Gasteiger partial charge in [0.25, 0.3) is 0 Å². The molecular weight excluding hydrogens is 400 g/mol. The molecule has 0 saturated carbocycles. The molecular formula is C25H30N6O. The van der Waals surface area contributed by atoms with Gasteiger partial charge in [0.05, 0.1) is 12.2 Å². The first-order chi connectivity index (χ1) is 15.3. The molecule has 0 radical (unpaired) electrons. The maximum absolute atomic E-state index is 13.2. The Morgan fingerprint density at radius 3 is 2.38 bits per heavy atom. The number of hydrogen-bond donors (Lipinski definition) is 0. The fourth-order valence-electron chi connectivity index (χ4n) is 3.90. The second-order valence-electron chi connectivity index (χ2n) is 9.24. The Bertz CT molecular complexity index is 1240. The van der Waals surface area contributed by atoms with Crippen LogP contribution in [0.3, 0.4) is 0 Å². The van der Waals surface area contributed by atoms with Gasteiger partial charge in [0, 0.05) is 23.0 Å². The molecule has 0 aliphatic carbocycles. The molecule has 0 aliphatic rings. The summed E-state index contributed by atoms with van der Waals surface area (Å²) < 4.78 is 5.44. The molecule has 2 aromatic heterocycles. The smallest absolute Gasteiger partial charge is 0.294 e. The van der Waals surface area contributed by atoms with Crippen LogP contribution in [0.4, 0.5) is 0 Å². The minimum Gasteiger partial charge on any atom is -0.294 e. The van der Waals surface area contributed by atoms with Crippen molar-refractivity contribution in [1.29, 1.82) is 0 Å². The predicted octanol–water partition coefficient (Wildman–Crippen LogP) is 4.61. The van der Waals surface area contributed by atoms with Crippen LogP contribution in [0.5, 0.6) is 0 Å². The quantitative estimate of drug-likeness (QED) is 0.448. The molecule has 0 aliphatic heterocycles. The largest absolute Gasteiger partial charge is 0.329 e. The van der Waals surface area contributed by atoms with Gasteiger partial charge in [0.2, 0.25) is 0 Å². The van der Waals surface area contributed by atoms with Crippen LogP contribution in [-0.4, -0.2) is 29.3 Å². The number of hydrogen-bond acceptors (Lipinski definition) is 4. The Balaban J connectivity index is 1.68. The molecule has 2 aromatic carbocycles. The van der Waals surface area contributed by atoms with Crippen LogP contribution in [0, 0.1) is 0 Å². The molecule has 0 amide bonds. The Morgan fingerprint density at radius 1 is 1.03 bits per heavy atom. The van der Waals surface area contributed by atoms with Crippen LogP contribution in [0.2, 0.25) is 0 Å². The van der Waals surface area contributed by atoms with Crippen molar-refractivity contribution in [2.45, 2.75) is 59.0 Å². The Hall–Kier alpha value is -3.48. The molecule has 0 N–H and O–H groups in total. The highest BCUT2D eigenvalue weighted by Crippen LogP contribution is 2.27. The second kappa shape index (κ2) is 8.57. The summed E-state index contributed by atoms with van der Waals surface area (Å²) >= 11 is 0. The number of para-hydroxylation sites is 1. The summed E-state index contributed by atoms with van der Waals surface area (Å²) in [6, 6.07) is 16.4. The summed E-state index contributed by atoms with van der Waals surface area (Å²) in [7, 11) is 0. The highest BCUT2D eigenvalue weighted by atomic mass is 16.1.